The van der Waals surface area contributed by atoms with Gasteiger partial charge >= 0.3 is 0 Å². The average molecular weight is 162 g/mol. The first-order chi connectivity index (χ1) is 5.25. The molecule has 0 saturated heterocycles. The van der Waals surface area contributed by atoms with Gasteiger partial charge in [0.05, 0.1) is 5.70 Å². The highest BCUT2D eigenvalue weighted by atomic mass is 19.3. The Morgan fingerprint density at radius 2 is 2.45 bits per heavy atom. The number of hydrazine groups is 1. The van der Waals surface area contributed by atoms with Crippen LogP contribution < -0.4 is 5.43 Å². The normalized spacial score (nSPS) is 17.8. The van der Waals surface area contributed by atoms with Crippen LogP contribution in [0.15, 0.2) is 11.8 Å². The summed E-state index contributed by atoms with van der Waals surface area (Å²) in [5, 5.41) is 1.52. The first kappa shape index (κ1) is 8.46. The Kier molecular flexibility index (Phi) is 2.82. The van der Waals surface area contributed by atoms with Gasteiger partial charge in [0, 0.05) is 13.1 Å². The second kappa shape index (κ2) is 3.67. The van der Waals surface area contributed by atoms with Gasteiger partial charge in [-0.2, -0.15) is 0 Å². The Morgan fingerprint density at radius 3 is 3.00 bits per heavy atom. The SMILES string of the molecule is CCCN1NCC=C1C(F)F. The third-order valence-corrected chi connectivity index (χ3v) is 1.58. The third-order valence-electron chi connectivity index (χ3n) is 1.58. The lowest BCUT2D eigenvalue weighted by atomic mass is 10.4. The summed E-state index contributed by atoms with van der Waals surface area (Å²) >= 11 is 0. The van der Waals surface area contributed by atoms with Crippen molar-refractivity contribution in [2.75, 3.05) is 13.1 Å². The maximum absolute atomic E-state index is 12.2. The zero-order chi connectivity index (χ0) is 8.27. The molecule has 4 heteroatoms. The van der Waals surface area contributed by atoms with Gasteiger partial charge in [0.1, 0.15) is 0 Å². The number of alkyl halides is 2. The fraction of sp³-hybridized carbons (Fsp3) is 0.714. The highest BCUT2D eigenvalue weighted by Gasteiger charge is 2.21. The minimum Gasteiger partial charge on any atom is -0.307 e. The summed E-state index contributed by atoms with van der Waals surface area (Å²) in [4.78, 5) is 0. The van der Waals surface area contributed by atoms with E-state index in [1.165, 1.54) is 11.1 Å². The molecule has 1 heterocycles. The second-order valence-electron chi connectivity index (χ2n) is 2.44. The first-order valence-electron chi connectivity index (χ1n) is 3.75. The summed E-state index contributed by atoms with van der Waals surface area (Å²) in [5.41, 5.74) is 2.97. The van der Waals surface area contributed by atoms with Crippen LogP contribution in [0.25, 0.3) is 0 Å². The van der Waals surface area contributed by atoms with E-state index in [-0.39, 0.29) is 5.70 Å². The molecule has 1 aliphatic rings. The van der Waals surface area contributed by atoms with Crippen molar-refractivity contribution in [1.29, 1.82) is 0 Å². The van der Waals surface area contributed by atoms with Crippen molar-refractivity contribution in [2.45, 2.75) is 19.8 Å². The average Bonchev–Trinajstić information content (AvgIpc) is 2.36. The maximum atomic E-state index is 12.2. The van der Waals surface area contributed by atoms with Gasteiger partial charge in [-0.3, -0.25) is 0 Å². The fourth-order valence-electron chi connectivity index (χ4n) is 1.10. The van der Waals surface area contributed by atoms with E-state index in [9.17, 15) is 8.78 Å². The maximum Gasteiger partial charge on any atom is 0.279 e. The van der Waals surface area contributed by atoms with E-state index in [4.69, 9.17) is 0 Å². The van der Waals surface area contributed by atoms with Crippen molar-refractivity contribution in [3.63, 3.8) is 0 Å². The van der Waals surface area contributed by atoms with Gasteiger partial charge in [0.15, 0.2) is 0 Å². The minimum atomic E-state index is -2.35. The predicted octanol–water partition coefficient (Wildman–Crippen LogP) is 1.37. The second-order valence-corrected chi connectivity index (χ2v) is 2.44. The van der Waals surface area contributed by atoms with Crippen molar-refractivity contribution in [3.05, 3.63) is 11.8 Å². The van der Waals surface area contributed by atoms with Gasteiger partial charge in [0.25, 0.3) is 6.43 Å². The van der Waals surface area contributed by atoms with Crippen LogP contribution in [0.4, 0.5) is 8.78 Å². The lowest BCUT2D eigenvalue weighted by Gasteiger charge is -2.20. The summed E-state index contributed by atoms with van der Waals surface area (Å²) < 4.78 is 24.3. The summed E-state index contributed by atoms with van der Waals surface area (Å²) in [6, 6.07) is 0. The Labute approximate surface area is 64.8 Å². The number of rotatable bonds is 3. The molecule has 64 valence electrons. The number of allylic oxidation sites excluding steroid dienone is 1. The van der Waals surface area contributed by atoms with Crippen LogP contribution in [0.2, 0.25) is 0 Å². The van der Waals surface area contributed by atoms with E-state index in [0.29, 0.717) is 13.1 Å². The zero-order valence-electron chi connectivity index (χ0n) is 6.48. The number of hydrogen-bond acceptors (Lipinski definition) is 2. The Hall–Kier alpha value is -0.640. The van der Waals surface area contributed by atoms with E-state index in [2.05, 4.69) is 5.43 Å². The van der Waals surface area contributed by atoms with E-state index in [0.717, 1.165) is 6.42 Å². The monoisotopic (exact) mass is 162 g/mol. The van der Waals surface area contributed by atoms with E-state index in [1.807, 2.05) is 6.92 Å². The molecule has 0 aromatic carbocycles. The number of nitrogens with zero attached hydrogens (tertiary/aromatic N) is 1. The lowest BCUT2D eigenvalue weighted by Crippen LogP contribution is -2.34. The van der Waals surface area contributed by atoms with Gasteiger partial charge in [0.2, 0.25) is 0 Å². The Balaban J connectivity index is 2.48. The zero-order valence-corrected chi connectivity index (χ0v) is 6.48. The van der Waals surface area contributed by atoms with Crippen LogP contribution in [0.1, 0.15) is 13.3 Å². The molecule has 0 amide bonds. The first-order valence-corrected chi connectivity index (χ1v) is 3.75. The molecule has 1 rings (SSSR count). The van der Waals surface area contributed by atoms with Gasteiger partial charge in [-0.25, -0.2) is 14.2 Å². The summed E-state index contributed by atoms with van der Waals surface area (Å²) in [6.07, 6.45) is 0.0498. The lowest BCUT2D eigenvalue weighted by molar-refractivity contribution is 0.129. The van der Waals surface area contributed by atoms with Crippen molar-refractivity contribution in [2.24, 2.45) is 0 Å². The van der Waals surface area contributed by atoms with Gasteiger partial charge < -0.3 is 5.01 Å². The molecule has 0 aromatic rings. The highest BCUT2D eigenvalue weighted by molar-refractivity contribution is 5.08. The molecule has 0 radical (unpaired) electrons. The Morgan fingerprint density at radius 1 is 1.73 bits per heavy atom. The summed E-state index contributed by atoms with van der Waals surface area (Å²) in [5.74, 6) is 0. The standard InChI is InChI=1S/C7H12F2N2/c1-2-5-11-6(7(8)9)3-4-10-11/h3,7,10H,2,4-5H2,1H3. The van der Waals surface area contributed by atoms with Crippen molar-refractivity contribution in [1.82, 2.24) is 10.4 Å². The summed E-state index contributed by atoms with van der Waals surface area (Å²) in [7, 11) is 0. The fourth-order valence-corrected chi connectivity index (χ4v) is 1.10. The van der Waals surface area contributed by atoms with Gasteiger partial charge in [-0.05, 0) is 12.5 Å². The van der Waals surface area contributed by atoms with Crippen molar-refractivity contribution < 1.29 is 8.78 Å². The molecule has 0 aliphatic carbocycles. The number of hydrogen-bond donors (Lipinski definition) is 1. The van der Waals surface area contributed by atoms with Crippen molar-refractivity contribution >= 4 is 0 Å². The molecule has 1 N–H and O–H groups in total. The predicted molar refractivity (Wildman–Crippen MR) is 39.1 cm³/mol. The molecule has 0 saturated carbocycles. The molecule has 0 spiro atoms. The van der Waals surface area contributed by atoms with Crippen molar-refractivity contribution in [3.8, 4) is 0 Å². The van der Waals surface area contributed by atoms with E-state index >= 15 is 0 Å². The van der Waals surface area contributed by atoms with Gasteiger partial charge in [-0.1, -0.05) is 6.92 Å². The number of nitrogens with one attached hydrogen (secondary N) is 1. The van der Waals surface area contributed by atoms with E-state index < -0.39 is 6.43 Å². The smallest absolute Gasteiger partial charge is 0.279 e. The number of halogens is 2. The molecule has 0 bridgehead atoms. The quantitative estimate of drug-likeness (QED) is 0.674. The van der Waals surface area contributed by atoms with Crippen LogP contribution in [-0.2, 0) is 0 Å². The van der Waals surface area contributed by atoms with E-state index in [1.54, 1.807) is 0 Å². The largest absolute Gasteiger partial charge is 0.307 e. The molecule has 0 unspecified atom stereocenters. The van der Waals surface area contributed by atoms with Crippen LogP contribution in [-0.4, -0.2) is 24.5 Å². The molecule has 0 atom stereocenters. The van der Waals surface area contributed by atoms with Crippen LogP contribution in [0, 0.1) is 0 Å². The van der Waals surface area contributed by atoms with Crippen LogP contribution in [0.3, 0.4) is 0 Å². The highest BCUT2D eigenvalue weighted by Crippen LogP contribution is 2.15. The van der Waals surface area contributed by atoms with Crippen LogP contribution in [0.5, 0.6) is 0 Å². The molecule has 2 nitrogen and oxygen atoms in total. The third kappa shape index (κ3) is 1.89. The molecule has 11 heavy (non-hydrogen) atoms. The minimum absolute atomic E-state index is 0.117. The molecule has 1 aliphatic heterocycles. The molecule has 0 aromatic heterocycles. The molecular formula is C7H12F2N2. The Bertz CT molecular complexity index is 157. The molecular weight excluding hydrogens is 150 g/mol. The molecule has 0 fully saturated rings. The van der Waals surface area contributed by atoms with Gasteiger partial charge in [-0.15, -0.1) is 0 Å². The topological polar surface area (TPSA) is 15.3 Å². The summed E-state index contributed by atoms with van der Waals surface area (Å²) in [6.45, 7) is 3.14. The van der Waals surface area contributed by atoms with Crippen LogP contribution >= 0.6 is 0 Å².